The van der Waals surface area contributed by atoms with Crippen molar-refractivity contribution in [2.45, 2.75) is 12.5 Å². The maximum Gasteiger partial charge on any atom is 0.328 e. The molecule has 0 spiro atoms. The fourth-order valence-electron chi connectivity index (χ4n) is 2.45. The maximum absolute atomic E-state index is 12.2. The van der Waals surface area contributed by atoms with Crippen molar-refractivity contribution in [1.82, 2.24) is 5.32 Å². The van der Waals surface area contributed by atoms with Crippen molar-refractivity contribution >= 4 is 17.6 Å². The van der Waals surface area contributed by atoms with Crippen molar-refractivity contribution in [3.8, 4) is 11.5 Å². The molecule has 28 heavy (non-hydrogen) atoms. The number of methoxy groups -OCH3 is 2. The van der Waals surface area contributed by atoms with Crippen LogP contribution in [0.5, 0.6) is 11.5 Å². The van der Waals surface area contributed by atoms with Gasteiger partial charge >= 0.3 is 11.7 Å². The lowest BCUT2D eigenvalue weighted by Crippen LogP contribution is -2.44. The van der Waals surface area contributed by atoms with Gasteiger partial charge in [-0.1, -0.05) is 30.3 Å². The maximum atomic E-state index is 12.2. The first-order valence-corrected chi connectivity index (χ1v) is 8.31. The van der Waals surface area contributed by atoms with Crippen LogP contribution in [0.3, 0.4) is 0 Å². The van der Waals surface area contributed by atoms with Crippen LogP contribution in [0.4, 0.5) is 5.69 Å². The molecule has 9 nitrogen and oxygen atoms in total. The van der Waals surface area contributed by atoms with E-state index in [9.17, 15) is 19.7 Å². The lowest BCUT2D eigenvalue weighted by molar-refractivity contribution is -0.385. The fraction of sp³-hybridized carbons (Fsp3) is 0.263. The third-order valence-electron chi connectivity index (χ3n) is 3.83. The summed E-state index contributed by atoms with van der Waals surface area (Å²) in [6.45, 7) is -0.505. The third kappa shape index (κ3) is 5.70. The number of esters is 1. The first-order valence-electron chi connectivity index (χ1n) is 8.31. The zero-order valence-corrected chi connectivity index (χ0v) is 15.4. The second kappa shape index (κ2) is 9.91. The number of carbonyl (C=O) groups excluding carboxylic acids is 2. The van der Waals surface area contributed by atoms with Gasteiger partial charge < -0.3 is 19.5 Å². The predicted octanol–water partition coefficient (Wildman–Crippen LogP) is 1.88. The van der Waals surface area contributed by atoms with Gasteiger partial charge in [0, 0.05) is 6.42 Å². The number of hydrogen-bond acceptors (Lipinski definition) is 7. The molecule has 0 aromatic heterocycles. The number of nitrogens with zero attached hydrogens (tertiary/aromatic N) is 1. The minimum Gasteiger partial charge on any atom is -0.496 e. The highest BCUT2D eigenvalue weighted by Gasteiger charge is 2.23. The standard InChI is InChI=1S/C19H20N2O7/c1-26-14-8-9-17(16(11-14)21(24)25)28-12-18(22)20-15(19(23)27-2)10-13-6-4-3-5-7-13/h3-9,11,15H,10,12H2,1-2H3,(H,20,22)/t15-/m1/s1. The molecule has 2 aromatic rings. The number of carbonyl (C=O) groups is 2. The Kier molecular flexibility index (Phi) is 7.32. The average Bonchev–Trinajstić information content (AvgIpc) is 2.71. The van der Waals surface area contributed by atoms with E-state index in [1.165, 1.54) is 32.4 Å². The van der Waals surface area contributed by atoms with Crippen molar-refractivity contribution in [1.29, 1.82) is 0 Å². The van der Waals surface area contributed by atoms with Crippen LogP contribution in [0.25, 0.3) is 0 Å². The lowest BCUT2D eigenvalue weighted by atomic mass is 10.1. The Hall–Kier alpha value is -3.62. The van der Waals surface area contributed by atoms with Gasteiger partial charge in [0.25, 0.3) is 5.91 Å². The number of ether oxygens (including phenoxy) is 3. The molecule has 0 aliphatic rings. The summed E-state index contributed by atoms with van der Waals surface area (Å²) < 4.78 is 14.9. The molecular formula is C19H20N2O7. The summed E-state index contributed by atoms with van der Waals surface area (Å²) >= 11 is 0. The normalized spacial score (nSPS) is 11.2. The Balaban J connectivity index is 2.03. The number of nitrogens with one attached hydrogen (secondary N) is 1. The van der Waals surface area contributed by atoms with Crippen LogP contribution < -0.4 is 14.8 Å². The molecule has 0 aliphatic heterocycles. The Labute approximate surface area is 161 Å². The largest absolute Gasteiger partial charge is 0.496 e. The zero-order valence-electron chi connectivity index (χ0n) is 15.4. The lowest BCUT2D eigenvalue weighted by Gasteiger charge is -2.17. The zero-order chi connectivity index (χ0) is 20.5. The van der Waals surface area contributed by atoms with Gasteiger partial charge in [0.2, 0.25) is 0 Å². The second-order valence-corrected chi connectivity index (χ2v) is 5.71. The number of hydrogen-bond donors (Lipinski definition) is 1. The molecule has 9 heteroatoms. The first-order chi connectivity index (χ1) is 13.4. The van der Waals surface area contributed by atoms with E-state index in [1.807, 2.05) is 30.3 Å². The van der Waals surface area contributed by atoms with E-state index in [1.54, 1.807) is 0 Å². The van der Waals surface area contributed by atoms with Crippen molar-refractivity contribution in [3.63, 3.8) is 0 Å². The Morgan fingerprint density at radius 2 is 1.86 bits per heavy atom. The molecule has 1 N–H and O–H groups in total. The van der Waals surface area contributed by atoms with Gasteiger partial charge in [-0.25, -0.2) is 4.79 Å². The second-order valence-electron chi connectivity index (χ2n) is 5.71. The highest BCUT2D eigenvalue weighted by molar-refractivity contribution is 5.85. The summed E-state index contributed by atoms with van der Waals surface area (Å²) in [6.07, 6.45) is 0.238. The average molecular weight is 388 g/mol. The summed E-state index contributed by atoms with van der Waals surface area (Å²) in [4.78, 5) is 34.7. The molecular weight excluding hydrogens is 368 g/mol. The van der Waals surface area contributed by atoms with Crippen LogP contribution in [0.1, 0.15) is 5.56 Å². The molecule has 0 radical (unpaired) electrons. The molecule has 148 valence electrons. The summed E-state index contributed by atoms with van der Waals surface area (Å²) in [5.41, 5.74) is 0.505. The number of benzene rings is 2. The van der Waals surface area contributed by atoms with Crippen LogP contribution in [0.2, 0.25) is 0 Å². The summed E-state index contributed by atoms with van der Waals surface area (Å²) in [7, 11) is 2.61. The van der Waals surface area contributed by atoms with E-state index >= 15 is 0 Å². The van der Waals surface area contributed by atoms with Crippen LogP contribution >= 0.6 is 0 Å². The number of rotatable bonds is 9. The number of nitro benzene ring substituents is 1. The molecule has 0 saturated heterocycles. The minimum absolute atomic E-state index is 0.0846. The van der Waals surface area contributed by atoms with E-state index in [4.69, 9.17) is 14.2 Å². The summed E-state index contributed by atoms with van der Waals surface area (Å²) in [5.74, 6) is -1.01. The highest BCUT2D eigenvalue weighted by Crippen LogP contribution is 2.30. The quantitative estimate of drug-likeness (QED) is 0.396. The first kappa shape index (κ1) is 20.7. The van der Waals surface area contributed by atoms with Crippen LogP contribution in [0.15, 0.2) is 48.5 Å². The fourth-order valence-corrected chi connectivity index (χ4v) is 2.45. The SMILES string of the molecule is COC(=O)[C@@H](Cc1ccccc1)NC(=O)COc1ccc(OC)cc1[N+](=O)[O-]. The topological polar surface area (TPSA) is 117 Å². The van der Waals surface area contributed by atoms with Gasteiger partial charge in [-0.15, -0.1) is 0 Å². The molecule has 0 bridgehead atoms. The monoisotopic (exact) mass is 388 g/mol. The molecule has 0 fully saturated rings. The van der Waals surface area contributed by atoms with Crippen molar-refractivity contribution in [2.24, 2.45) is 0 Å². The van der Waals surface area contributed by atoms with Crippen molar-refractivity contribution < 1.29 is 28.7 Å². The molecule has 2 rings (SSSR count). The van der Waals surface area contributed by atoms with Gasteiger partial charge in [0.1, 0.15) is 11.8 Å². The van der Waals surface area contributed by atoms with Gasteiger partial charge in [0.05, 0.1) is 25.2 Å². The van der Waals surface area contributed by atoms with E-state index in [0.29, 0.717) is 0 Å². The van der Waals surface area contributed by atoms with Crippen LogP contribution in [-0.2, 0) is 20.7 Å². The van der Waals surface area contributed by atoms with Crippen molar-refractivity contribution in [3.05, 3.63) is 64.2 Å². The van der Waals surface area contributed by atoms with Gasteiger partial charge in [0.15, 0.2) is 12.4 Å². The highest BCUT2D eigenvalue weighted by atomic mass is 16.6. The van der Waals surface area contributed by atoms with Crippen molar-refractivity contribution in [2.75, 3.05) is 20.8 Å². The minimum atomic E-state index is -0.908. The summed E-state index contributed by atoms with van der Waals surface area (Å²) in [5, 5.41) is 13.7. The van der Waals surface area contributed by atoms with E-state index in [-0.39, 0.29) is 23.6 Å². The molecule has 2 aromatic carbocycles. The Morgan fingerprint density at radius 1 is 1.14 bits per heavy atom. The Morgan fingerprint density at radius 3 is 2.46 bits per heavy atom. The molecule has 0 saturated carbocycles. The molecule has 0 aliphatic carbocycles. The Bertz CT molecular complexity index is 839. The predicted molar refractivity (Wildman–Crippen MR) is 99.2 cm³/mol. The molecule has 0 unspecified atom stereocenters. The van der Waals surface area contributed by atoms with Gasteiger partial charge in [-0.2, -0.15) is 0 Å². The van der Waals surface area contributed by atoms with Gasteiger partial charge in [-0.3, -0.25) is 14.9 Å². The van der Waals surface area contributed by atoms with Crippen LogP contribution in [-0.4, -0.2) is 43.7 Å². The van der Waals surface area contributed by atoms with E-state index < -0.39 is 29.4 Å². The smallest absolute Gasteiger partial charge is 0.328 e. The molecule has 0 heterocycles. The number of amides is 1. The van der Waals surface area contributed by atoms with E-state index in [2.05, 4.69) is 5.32 Å². The molecule has 1 atom stereocenters. The van der Waals surface area contributed by atoms with E-state index in [0.717, 1.165) is 5.56 Å². The van der Waals surface area contributed by atoms with Gasteiger partial charge in [-0.05, 0) is 17.7 Å². The third-order valence-corrected chi connectivity index (χ3v) is 3.83. The number of nitro groups is 1. The van der Waals surface area contributed by atoms with Crippen LogP contribution in [0, 0.1) is 10.1 Å². The summed E-state index contributed by atoms with van der Waals surface area (Å²) in [6, 6.07) is 12.2. The molecule has 1 amide bonds.